The number of amides is 1. The molecule has 196 valence electrons. The van der Waals surface area contributed by atoms with E-state index in [0.717, 1.165) is 43.6 Å². The minimum atomic E-state index is -2.76. The van der Waals surface area contributed by atoms with Crippen LogP contribution in [0.25, 0.3) is 0 Å². The molecule has 0 spiro atoms. The topological polar surface area (TPSA) is 71.0 Å². The van der Waals surface area contributed by atoms with Gasteiger partial charge in [0.2, 0.25) is 0 Å². The fourth-order valence-corrected chi connectivity index (χ4v) is 5.13. The number of hydrogen-bond acceptors (Lipinski definition) is 7. The molecule has 2 aliphatic heterocycles. The summed E-state index contributed by atoms with van der Waals surface area (Å²) in [6.07, 6.45) is 3.79. The minimum Gasteiger partial charge on any atom is -0.463 e. The second-order valence-corrected chi connectivity index (χ2v) is 11.7. The van der Waals surface area contributed by atoms with E-state index in [0.29, 0.717) is 12.2 Å². The molecule has 8 nitrogen and oxygen atoms in total. The largest absolute Gasteiger partial charge is 0.463 e. The first-order chi connectivity index (χ1) is 16.3. The Kier molecular flexibility index (Phi) is 6.89. The Hall–Kier alpha value is -2.23. The smallest absolute Gasteiger partial charge is 0.410 e. The van der Waals surface area contributed by atoms with Crippen LogP contribution in [-0.2, 0) is 17.8 Å². The molecule has 1 saturated heterocycles. The highest BCUT2D eigenvalue weighted by Gasteiger charge is 2.71. The number of carbonyl (C=O) groups is 1. The van der Waals surface area contributed by atoms with Crippen LogP contribution in [0.15, 0.2) is 0 Å². The Balaban J connectivity index is 1.61. The number of fused-ring (bicyclic) bond motifs is 1. The maximum absolute atomic E-state index is 14.3. The molecule has 1 saturated carbocycles. The Morgan fingerprint density at radius 2 is 1.89 bits per heavy atom. The second-order valence-electron chi connectivity index (χ2n) is 11.7. The number of anilines is 1. The number of aromatic nitrogens is 2. The maximum atomic E-state index is 14.3. The van der Waals surface area contributed by atoms with Crippen LogP contribution in [0.5, 0.6) is 6.01 Å². The maximum Gasteiger partial charge on any atom is 0.410 e. The molecule has 0 aromatic carbocycles. The van der Waals surface area contributed by atoms with E-state index in [4.69, 9.17) is 14.5 Å². The summed E-state index contributed by atoms with van der Waals surface area (Å²) in [6, 6.07) is 0.370. The summed E-state index contributed by atoms with van der Waals surface area (Å²) < 4.78 is 40.0. The molecule has 4 rings (SSSR count). The lowest BCUT2D eigenvalue weighted by Gasteiger charge is -2.30. The van der Waals surface area contributed by atoms with Gasteiger partial charge in [-0.15, -0.1) is 0 Å². The van der Waals surface area contributed by atoms with E-state index >= 15 is 0 Å². The number of alkyl halides is 2. The van der Waals surface area contributed by atoms with Crippen molar-refractivity contribution in [3.05, 3.63) is 11.3 Å². The molecule has 10 heteroatoms. The monoisotopic (exact) mass is 495 g/mol. The molecule has 2 atom stereocenters. The van der Waals surface area contributed by atoms with Gasteiger partial charge in [-0.25, -0.2) is 13.6 Å². The van der Waals surface area contributed by atoms with Crippen molar-refractivity contribution in [1.82, 2.24) is 19.8 Å². The van der Waals surface area contributed by atoms with Crippen molar-refractivity contribution in [3.63, 3.8) is 0 Å². The fourth-order valence-electron chi connectivity index (χ4n) is 5.13. The highest BCUT2D eigenvalue weighted by molar-refractivity contribution is 5.70. The van der Waals surface area contributed by atoms with Crippen molar-refractivity contribution in [2.45, 2.75) is 90.5 Å². The number of halogens is 2. The summed E-state index contributed by atoms with van der Waals surface area (Å²) in [5.74, 6) is -2.02. The molecule has 0 radical (unpaired) electrons. The van der Waals surface area contributed by atoms with E-state index in [1.54, 1.807) is 23.9 Å². The van der Waals surface area contributed by atoms with E-state index in [1.807, 2.05) is 20.8 Å². The van der Waals surface area contributed by atoms with Crippen molar-refractivity contribution >= 4 is 11.9 Å². The third-order valence-electron chi connectivity index (χ3n) is 7.02. The zero-order valence-corrected chi connectivity index (χ0v) is 21.9. The average molecular weight is 496 g/mol. The average Bonchev–Trinajstić information content (AvgIpc) is 3.10. The summed E-state index contributed by atoms with van der Waals surface area (Å²) in [7, 11) is 3.57. The lowest BCUT2D eigenvalue weighted by atomic mass is 10.1. The van der Waals surface area contributed by atoms with Gasteiger partial charge in [0.1, 0.15) is 18.0 Å². The van der Waals surface area contributed by atoms with Crippen molar-refractivity contribution in [3.8, 4) is 6.01 Å². The minimum absolute atomic E-state index is 0.0991. The number of rotatable bonds is 6. The van der Waals surface area contributed by atoms with Crippen LogP contribution in [0.2, 0.25) is 0 Å². The standard InChI is InChI=1S/C25H39F2N5O3/c1-17-10-8-7-9-11-32(17)20-18-12-31(22(33)35-23(2,3)4)13-19(18)28-21(29-20)34-16-24(15-30(5)6)14-25(24,26)27/h17H,7-16H2,1-6H3/t17-,24?/m1/s1. The molecular weight excluding hydrogens is 456 g/mol. The SMILES string of the molecule is C[C@@H]1CCCCCN1c1nc(OCC2(CN(C)C)CC2(F)F)nc2c1CN(C(=O)OC(C)(C)C)C2. The van der Waals surface area contributed by atoms with Gasteiger partial charge in [-0.1, -0.05) is 12.8 Å². The van der Waals surface area contributed by atoms with Gasteiger partial charge in [0.15, 0.2) is 0 Å². The van der Waals surface area contributed by atoms with Crippen molar-refractivity contribution in [1.29, 1.82) is 0 Å². The zero-order valence-electron chi connectivity index (χ0n) is 21.9. The van der Waals surface area contributed by atoms with Gasteiger partial charge in [0.25, 0.3) is 5.92 Å². The van der Waals surface area contributed by atoms with Crippen molar-refractivity contribution in [2.24, 2.45) is 5.41 Å². The van der Waals surface area contributed by atoms with Crippen LogP contribution in [0, 0.1) is 5.41 Å². The van der Waals surface area contributed by atoms with Gasteiger partial charge in [-0.3, -0.25) is 4.90 Å². The van der Waals surface area contributed by atoms with Gasteiger partial charge in [0.05, 0.1) is 24.2 Å². The van der Waals surface area contributed by atoms with Crippen molar-refractivity contribution in [2.75, 3.05) is 38.7 Å². The fraction of sp³-hybridized carbons (Fsp3) is 0.800. The molecule has 1 aromatic rings. The van der Waals surface area contributed by atoms with Gasteiger partial charge < -0.3 is 19.3 Å². The first kappa shape index (κ1) is 25.9. The summed E-state index contributed by atoms with van der Waals surface area (Å²) >= 11 is 0. The molecule has 3 heterocycles. The van der Waals surface area contributed by atoms with Crippen LogP contribution in [0.1, 0.15) is 71.1 Å². The third kappa shape index (κ3) is 5.62. The summed E-state index contributed by atoms with van der Waals surface area (Å²) in [5, 5.41) is 0. The zero-order chi connectivity index (χ0) is 25.6. The van der Waals surface area contributed by atoms with Crippen LogP contribution >= 0.6 is 0 Å². The molecule has 0 bridgehead atoms. The quantitative estimate of drug-likeness (QED) is 0.577. The van der Waals surface area contributed by atoms with Gasteiger partial charge in [-0.2, -0.15) is 9.97 Å². The molecule has 2 fully saturated rings. The first-order valence-electron chi connectivity index (χ1n) is 12.6. The highest BCUT2D eigenvalue weighted by Crippen LogP contribution is 2.60. The Bertz CT molecular complexity index is 952. The molecule has 1 aliphatic carbocycles. The highest BCUT2D eigenvalue weighted by atomic mass is 19.3. The molecule has 1 amide bonds. The molecular formula is C25H39F2N5O3. The van der Waals surface area contributed by atoms with Crippen LogP contribution in [0.4, 0.5) is 19.4 Å². The van der Waals surface area contributed by atoms with Gasteiger partial charge in [-0.05, 0) is 54.6 Å². The lowest BCUT2D eigenvalue weighted by Crippen LogP contribution is -2.35. The normalized spacial score (nSPS) is 25.9. The third-order valence-corrected chi connectivity index (χ3v) is 7.02. The predicted octanol–water partition coefficient (Wildman–Crippen LogP) is 4.46. The number of carbonyl (C=O) groups excluding carboxylic acids is 1. The number of ether oxygens (including phenoxy) is 2. The van der Waals surface area contributed by atoms with Gasteiger partial charge >= 0.3 is 12.1 Å². The summed E-state index contributed by atoms with van der Waals surface area (Å²) in [5.41, 5.74) is -0.255. The van der Waals surface area contributed by atoms with E-state index in [-0.39, 0.29) is 38.2 Å². The summed E-state index contributed by atoms with van der Waals surface area (Å²) in [4.78, 5) is 27.7. The Morgan fingerprint density at radius 3 is 2.51 bits per heavy atom. The Labute approximate surface area is 207 Å². The number of hydrogen-bond donors (Lipinski definition) is 0. The second kappa shape index (κ2) is 9.33. The van der Waals surface area contributed by atoms with Crippen LogP contribution in [0.3, 0.4) is 0 Å². The van der Waals surface area contributed by atoms with E-state index < -0.39 is 23.0 Å². The molecule has 35 heavy (non-hydrogen) atoms. The van der Waals surface area contributed by atoms with Crippen LogP contribution in [-0.4, -0.2) is 77.2 Å². The van der Waals surface area contributed by atoms with Gasteiger partial charge in [0, 0.05) is 31.1 Å². The molecule has 3 aliphatic rings. The van der Waals surface area contributed by atoms with E-state index in [1.165, 1.54) is 0 Å². The molecule has 0 N–H and O–H groups in total. The molecule has 1 unspecified atom stereocenters. The lowest BCUT2D eigenvalue weighted by molar-refractivity contribution is 0.0237. The summed E-state index contributed by atoms with van der Waals surface area (Å²) in [6.45, 7) is 9.24. The molecule has 1 aromatic heterocycles. The van der Waals surface area contributed by atoms with E-state index in [9.17, 15) is 13.6 Å². The predicted molar refractivity (Wildman–Crippen MR) is 129 cm³/mol. The van der Waals surface area contributed by atoms with E-state index in [2.05, 4.69) is 16.8 Å². The van der Waals surface area contributed by atoms with Crippen LogP contribution < -0.4 is 9.64 Å². The Morgan fingerprint density at radius 1 is 1.17 bits per heavy atom. The number of nitrogens with zero attached hydrogens (tertiary/aromatic N) is 5. The van der Waals surface area contributed by atoms with Crippen molar-refractivity contribution < 1.29 is 23.0 Å². The first-order valence-corrected chi connectivity index (χ1v) is 12.6.